The predicted molar refractivity (Wildman–Crippen MR) is 85.6 cm³/mol. The molecule has 2 aromatic rings. The normalized spacial score (nSPS) is 12.3. The van der Waals surface area contributed by atoms with Crippen molar-refractivity contribution < 1.29 is 9.52 Å². The highest BCUT2D eigenvalue weighted by Crippen LogP contribution is 2.27. The van der Waals surface area contributed by atoms with Crippen molar-refractivity contribution in [1.82, 2.24) is 4.90 Å². The highest BCUT2D eigenvalue weighted by atomic mass is 35.5. The molecule has 0 bridgehead atoms. The van der Waals surface area contributed by atoms with Gasteiger partial charge in [-0.1, -0.05) is 29.3 Å². The van der Waals surface area contributed by atoms with E-state index in [0.717, 1.165) is 5.76 Å². The first-order valence-corrected chi connectivity index (χ1v) is 7.60. The van der Waals surface area contributed by atoms with E-state index >= 15 is 0 Å². The molecule has 0 aliphatic rings. The summed E-state index contributed by atoms with van der Waals surface area (Å²) in [5.41, 5.74) is 0.618. The molecule has 1 heterocycles. The number of nitrogens with zero attached hydrogens (tertiary/aromatic N) is 2. The third-order valence-electron chi connectivity index (χ3n) is 3.25. The fourth-order valence-corrected chi connectivity index (χ4v) is 2.72. The summed E-state index contributed by atoms with van der Waals surface area (Å²) in [5.74, 6) is 0.785. The second-order valence-electron chi connectivity index (χ2n) is 4.90. The first-order chi connectivity index (χ1) is 10.6. The van der Waals surface area contributed by atoms with Crippen LogP contribution in [0.25, 0.3) is 0 Å². The predicted octanol–water partition coefficient (Wildman–Crippen LogP) is 4.04. The molecule has 1 atom stereocenters. The zero-order valence-electron chi connectivity index (χ0n) is 11.9. The Bertz CT molecular complexity index is 638. The molecule has 1 N–H and O–H groups in total. The lowest BCUT2D eigenvalue weighted by Gasteiger charge is -2.24. The lowest BCUT2D eigenvalue weighted by Crippen LogP contribution is -2.29. The summed E-state index contributed by atoms with van der Waals surface area (Å²) >= 11 is 12.0. The molecule has 0 spiro atoms. The van der Waals surface area contributed by atoms with Gasteiger partial charge in [-0.15, -0.1) is 0 Å². The van der Waals surface area contributed by atoms with E-state index in [1.165, 1.54) is 0 Å². The molecule has 0 saturated heterocycles. The largest absolute Gasteiger partial charge is 0.468 e. The topological polar surface area (TPSA) is 60.4 Å². The van der Waals surface area contributed by atoms with E-state index in [1.807, 2.05) is 17.0 Å². The van der Waals surface area contributed by atoms with Crippen LogP contribution in [-0.4, -0.2) is 23.1 Å². The maximum Gasteiger partial charge on any atom is 0.117 e. The molecule has 0 radical (unpaired) electrons. The van der Waals surface area contributed by atoms with E-state index in [2.05, 4.69) is 6.07 Å². The number of hydrogen-bond donors (Lipinski definition) is 1. The molecule has 4 nitrogen and oxygen atoms in total. The van der Waals surface area contributed by atoms with Gasteiger partial charge in [-0.3, -0.25) is 4.90 Å². The number of nitriles is 1. The molecule has 1 unspecified atom stereocenters. The van der Waals surface area contributed by atoms with Gasteiger partial charge in [0.05, 0.1) is 25.0 Å². The van der Waals surface area contributed by atoms with Crippen molar-refractivity contribution in [1.29, 1.82) is 5.26 Å². The number of halogens is 2. The molecule has 6 heteroatoms. The minimum Gasteiger partial charge on any atom is -0.468 e. The summed E-state index contributed by atoms with van der Waals surface area (Å²) in [6.45, 7) is 1.42. The van der Waals surface area contributed by atoms with Crippen LogP contribution in [0.1, 0.15) is 23.8 Å². The number of furan rings is 1. The Morgan fingerprint density at radius 2 is 2.14 bits per heavy atom. The quantitative estimate of drug-likeness (QED) is 0.827. The van der Waals surface area contributed by atoms with Crippen LogP contribution in [0.5, 0.6) is 0 Å². The Kier molecular flexibility index (Phi) is 6.29. The van der Waals surface area contributed by atoms with Gasteiger partial charge >= 0.3 is 0 Å². The van der Waals surface area contributed by atoms with E-state index in [0.29, 0.717) is 41.7 Å². The highest BCUT2D eigenvalue weighted by molar-refractivity contribution is 6.35. The maximum atomic E-state index is 10.4. The molecule has 0 amide bonds. The van der Waals surface area contributed by atoms with Crippen LogP contribution in [0.2, 0.25) is 10.0 Å². The first-order valence-electron chi connectivity index (χ1n) is 6.85. The fourth-order valence-electron chi connectivity index (χ4n) is 2.18. The standard InChI is InChI=1S/C16H16Cl2N2O2/c17-12-4-5-14(15(18)9-12)16(21)11-20(7-2-6-19)10-13-3-1-8-22-13/h1,3-5,8-9,16,21H,2,7,10-11H2. The van der Waals surface area contributed by atoms with Gasteiger partial charge in [0.1, 0.15) is 5.76 Å². The Balaban J connectivity index is 2.06. The summed E-state index contributed by atoms with van der Waals surface area (Å²) in [7, 11) is 0. The number of benzene rings is 1. The molecule has 22 heavy (non-hydrogen) atoms. The van der Waals surface area contributed by atoms with E-state index in [-0.39, 0.29) is 0 Å². The zero-order valence-corrected chi connectivity index (χ0v) is 13.4. The molecular formula is C16H16Cl2N2O2. The van der Waals surface area contributed by atoms with E-state index < -0.39 is 6.10 Å². The maximum absolute atomic E-state index is 10.4. The van der Waals surface area contributed by atoms with Crippen LogP contribution in [-0.2, 0) is 6.54 Å². The molecule has 2 rings (SSSR count). The number of aliphatic hydroxyl groups is 1. The smallest absolute Gasteiger partial charge is 0.117 e. The average Bonchev–Trinajstić information content (AvgIpc) is 2.97. The number of hydrogen-bond acceptors (Lipinski definition) is 4. The van der Waals surface area contributed by atoms with Gasteiger partial charge in [-0.25, -0.2) is 0 Å². The number of aliphatic hydroxyl groups excluding tert-OH is 1. The van der Waals surface area contributed by atoms with Crippen molar-refractivity contribution in [2.75, 3.05) is 13.1 Å². The minimum atomic E-state index is -0.765. The van der Waals surface area contributed by atoms with Crippen LogP contribution in [0.3, 0.4) is 0 Å². The fraction of sp³-hybridized carbons (Fsp3) is 0.312. The first kappa shape index (κ1) is 16.9. The summed E-state index contributed by atoms with van der Waals surface area (Å²) in [6, 6.07) is 10.8. The van der Waals surface area contributed by atoms with Crippen LogP contribution in [0, 0.1) is 11.3 Å². The second kappa shape index (κ2) is 8.21. The molecule has 1 aromatic carbocycles. The lowest BCUT2D eigenvalue weighted by molar-refractivity contribution is 0.106. The Morgan fingerprint density at radius 3 is 2.77 bits per heavy atom. The summed E-state index contributed by atoms with van der Waals surface area (Å²) in [4.78, 5) is 1.96. The van der Waals surface area contributed by atoms with E-state index in [4.69, 9.17) is 32.9 Å². The third kappa shape index (κ3) is 4.75. The van der Waals surface area contributed by atoms with Gasteiger partial charge in [0.2, 0.25) is 0 Å². The van der Waals surface area contributed by atoms with Gasteiger partial charge in [0.15, 0.2) is 0 Å². The monoisotopic (exact) mass is 338 g/mol. The van der Waals surface area contributed by atoms with Gasteiger partial charge in [-0.2, -0.15) is 5.26 Å². The molecule has 0 aliphatic heterocycles. The van der Waals surface area contributed by atoms with Crippen LogP contribution in [0.4, 0.5) is 0 Å². The Morgan fingerprint density at radius 1 is 1.32 bits per heavy atom. The second-order valence-corrected chi connectivity index (χ2v) is 5.75. The molecule has 116 valence electrons. The molecule has 0 aliphatic carbocycles. The van der Waals surface area contributed by atoms with Crippen molar-refractivity contribution >= 4 is 23.2 Å². The highest BCUT2D eigenvalue weighted by Gasteiger charge is 2.17. The third-order valence-corrected chi connectivity index (χ3v) is 3.81. The van der Waals surface area contributed by atoms with Gasteiger partial charge < -0.3 is 9.52 Å². The van der Waals surface area contributed by atoms with Crippen LogP contribution >= 0.6 is 23.2 Å². The summed E-state index contributed by atoms with van der Waals surface area (Å²) in [5, 5.41) is 20.1. The minimum absolute atomic E-state index is 0.351. The lowest BCUT2D eigenvalue weighted by atomic mass is 10.1. The molecular weight excluding hydrogens is 323 g/mol. The van der Waals surface area contributed by atoms with Crippen molar-refractivity contribution in [3.63, 3.8) is 0 Å². The molecule has 0 saturated carbocycles. The van der Waals surface area contributed by atoms with Gasteiger partial charge in [0.25, 0.3) is 0 Å². The van der Waals surface area contributed by atoms with Crippen LogP contribution < -0.4 is 0 Å². The van der Waals surface area contributed by atoms with Crippen LogP contribution in [0.15, 0.2) is 41.0 Å². The Hall–Kier alpha value is -1.51. The van der Waals surface area contributed by atoms with E-state index in [9.17, 15) is 5.11 Å². The van der Waals surface area contributed by atoms with Crippen molar-refractivity contribution in [3.8, 4) is 6.07 Å². The van der Waals surface area contributed by atoms with Gasteiger partial charge in [-0.05, 0) is 24.3 Å². The zero-order chi connectivity index (χ0) is 15.9. The SMILES string of the molecule is N#CCCN(Cc1ccco1)CC(O)c1ccc(Cl)cc1Cl. The van der Waals surface area contributed by atoms with Gasteiger partial charge in [0, 0.05) is 35.1 Å². The Labute approximate surface area is 139 Å². The number of rotatable bonds is 7. The summed E-state index contributed by atoms with van der Waals surface area (Å²) in [6.07, 6.45) is 1.21. The van der Waals surface area contributed by atoms with Crippen molar-refractivity contribution in [3.05, 3.63) is 58.0 Å². The van der Waals surface area contributed by atoms with E-state index in [1.54, 1.807) is 24.5 Å². The summed E-state index contributed by atoms with van der Waals surface area (Å²) < 4.78 is 5.32. The van der Waals surface area contributed by atoms with Crippen molar-refractivity contribution in [2.45, 2.75) is 19.1 Å². The average molecular weight is 339 g/mol. The molecule has 1 aromatic heterocycles. The van der Waals surface area contributed by atoms with Crippen molar-refractivity contribution in [2.24, 2.45) is 0 Å². The molecule has 0 fully saturated rings.